The van der Waals surface area contributed by atoms with E-state index in [1.165, 1.54) is 12.1 Å². The highest BCUT2D eigenvalue weighted by molar-refractivity contribution is 5.81. The van der Waals surface area contributed by atoms with Crippen molar-refractivity contribution in [2.75, 3.05) is 7.11 Å². The third-order valence-corrected chi connectivity index (χ3v) is 4.09. The number of nitro benzene ring substituents is 1. The zero-order valence-electron chi connectivity index (χ0n) is 14.0. The Morgan fingerprint density at radius 1 is 1.32 bits per heavy atom. The van der Waals surface area contributed by atoms with Crippen LogP contribution < -0.4 is 9.47 Å². The molecule has 0 saturated heterocycles. The summed E-state index contributed by atoms with van der Waals surface area (Å²) >= 11 is 0. The maximum absolute atomic E-state index is 12.6. The van der Waals surface area contributed by atoms with Crippen LogP contribution >= 0.6 is 0 Å². The van der Waals surface area contributed by atoms with Gasteiger partial charge in [0.25, 0.3) is 11.6 Å². The molecule has 1 aliphatic heterocycles. The lowest BCUT2D eigenvalue weighted by molar-refractivity contribution is -0.384. The lowest BCUT2D eigenvalue weighted by Crippen LogP contribution is -2.37. The molecule has 0 fully saturated rings. The van der Waals surface area contributed by atoms with Crippen LogP contribution in [0.25, 0.3) is 0 Å². The Bertz CT molecular complexity index is 821. The standard InChI is InChI=1S/C18H18N2O5/c1-12-18(21)19(10-13-4-3-5-16(8-13)24-2)11-14-9-15(20(22)23)6-7-17(14)25-12/h3-9,12H,10-11H2,1-2H3. The van der Waals surface area contributed by atoms with Gasteiger partial charge in [-0.15, -0.1) is 0 Å². The van der Waals surface area contributed by atoms with Crippen molar-refractivity contribution in [3.63, 3.8) is 0 Å². The number of fused-ring (bicyclic) bond motifs is 1. The molecule has 7 heteroatoms. The number of methoxy groups -OCH3 is 1. The molecule has 0 radical (unpaired) electrons. The number of rotatable bonds is 4. The average molecular weight is 342 g/mol. The number of hydrogen-bond donors (Lipinski definition) is 0. The van der Waals surface area contributed by atoms with Gasteiger partial charge in [0, 0.05) is 24.2 Å². The highest BCUT2D eigenvalue weighted by Crippen LogP contribution is 2.30. The Morgan fingerprint density at radius 2 is 2.12 bits per heavy atom. The second kappa shape index (κ2) is 6.80. The van der Waals surface area contributed by atoms with Gasteiger partial charge in [-0.1, -0.05) is 12.1 Å². The molecule has 1 aliphatic rings. The summed E-state index contributed by atoms with van der Waals surface area (Å²) in [5.41, 5.74) is 1.51. The minimum atomic E-state index is -0.659. The predicted octanol–water partition coefficient (Wildman–Crippen LogP) is 2.91. The number of carbonyl (C=O) groups is 1. The van der Waals surface area contributed by atoms with Crippen LogP contribution in [0.1, 0.15) is 18.1 Å². The monoisotopic (exact) mass is 342 g/mol. The van der Waals surface area contributed by atoms with Crippen LogP contribution in [0.4, 0.5) is 5.69 Å². The van der Waals surface area contributed by atoms with Crippen molar-refractivity contribution in [3.8, 4) is 11.5 Å². The summed E-state index contributed by atoms with van der Waals surface area (Å²) in [4.78, 5) is 24.8. The van der Waals surface area contributed by atoms with E-state index in [9.17, 15) is 14.9 Å². The average Bonchev–Trinajstić information content (AvgIpc) is 2.72. The van der Waals surface area contributed by atoms with Gasteiger partial charge in [0.05, 0.1) is 18.6 Å². The number of hydrogen-bond acceptors (Lipinski definition) is 5. The molecule has 2 aromatic carbocycles. The number of benzene rings is 2. The number of non-ortho nitro benzene ring substituents is 1. The number of nitro groups is 1. The largest absolute Gasteiger partial charge is 0.497 e. The molecule has 1 heterocycles. The van der Waals surface area contributed by atoms with Gasteiger partial charge in [-0.05, 0) is 30.7 Å². The van der Waals surface area contributed by atoms with Gasteiger partial charge in [0.1, 0.15) is 11.5 Å². The van der Waals surface area contributed by atoms with Gasteiger partial charge in [-0.2, -0.15) is 0 Å². The van der Waals surface area contributed by atoms with Crippen LogP contribution in [0.5, 0.6) is 11.5 Å². The zero-order chi connectivity index (χ0) is 18.0. The lowest BCUT2D eigenvalue weighted by Gasteiger charge is -2.22. The third kappa shape index (κ3) is 3.55. The molecule has 3 rings (SSSR count). The van der Waals surface area contributed by atoms with Gasteiger partial charge in [-0.25, -0.2) is 0 Å². The number of nitrogens with zero attached hydrogens (tertiary/aromatic N) is 2. The van der Waals surface area contributed by atoms with Crippen LogP contribution in [0.2, 0.25) is 0 Å². The van der Waals surface area contributed by atoms with E-state index in [-0.39, 0.29) is 18.1 Å². The molecule has 130 valence electrons. The summed E-state index contributed by atoms with van der Waals surface area (Å²) in [5, 5.41) is 11.0. The molecule has 0 bridgehead atoms. The summed E-state index contributed by atoms with van der Waals surface area (Å²) in [6.45, 7) is 2.29. The van der Waals surface area contributed by atoms with Crippen LogP contribution in [-0.4, -0.2) is 28.9 Å². The molecule has 0 aliphatic carbocycles. The first-order chi connectivity index (χ1) is 12.0. The number of carbonyl (C=O) groups excluding carboxylic acids is 1. The normalized spacial score (nSPS) is 16.6. The molecule has 0 aromatic heterocycles. The highest BCUT2D eigenvalue weighted by Gasteiger charge is 2.29. The van der Waals surface area contributed by atoms with Crippen molar-refractivity contribution in [2.45, 2.75) is 26.1 Å². The van der Waals surface area contributed by atoms with Gasteiger partial charge in [-0.3, -0.25) is 14.9 Å². The Hall–Kier alpha value is -3.09. The maximum atomic E-state index is 12.6. The van der Waals surface area contributed by atoms with Crippen molar-refractivity contribution in [3.05, 3.63) is 63.7 Å². The Labute approximate surface area is 144 Å². The SMILES string of the molecule is COc1cccc(CN2Cc3cc([N+](=O)[O-])ccc3OC(C)C2=O)c1. The van der Waals surface area contributed by atoms with Gasteiger partial charge in [0.2, 0.25) is 0 Å². The number of ether oxygens (including phenoxy) is 2. The summed E-state index contributed by atoms with van der Waals surface area (Å²) in [6, 6.07) is 11.8. The van der Waals surface area contributed by atoms with Crippen LogP contribution in [0.15, 0.2) is 42.5 Å². The second-order valence-corrected chi connectivity index (χ2v) is 5.86. The fourth-order valence-corrected chi connectivity index (χ4v) is 2.82. The van der Waals surface area contributed by atoms with E-state index in [2.05, 4.69) is 0 Å². The minimum absolute atomic E-state index is 0.0225. The first-order valence-corrected chi connectivity index (χ1v) is 7.83. The lowest BCUT2D eigenvalue weighted by atomic mass is 10.1. The van der Waals surface area contributed by atoms with Crippen LogP contribution in [0.3, 0.4) is 0 Å². The molecule has 25 heavy (non-hydrogen) atoms. The summed E-state index contributed by atoms with van der Waals surface area (Å²) in [7, 11) is 1.58. The van der Waals surface area contributed by atoms with Gasteiger partial charge in [0.15, 0.2) is 6.10 Å². The van der Waals surface area contributed by atoms with E-state index in [0.29, 0.717) is 23.6 Å². The first kappa shape index (κ1) is 16.8. The van der Waals surface area contributed by atoms with Crippen LogP contribution in [0, 0.1) is 10.1 Å². The quantitative estimate of drug-likeness (QED) is 0.630. The zero-order valence-corrected chi connectivity index (χ0v) is 14.0. The molecule has 1 atom stereocenters. The molecular weight excluding hydrogens is 324 g/mol. The van der Waals surface area contributed by atoms with E-state index < -0.39 is 11.0 Å². The first-order valence-electron chi connectivity index (χ1n) is 7.83. The molecule has 0 saturated carbocycles. The third-order valence-electron chi connectivity index (χ3n) is 4.09. The smallest absolute Gasteiger partial charge is 0.270 e. The summed E-state index contributed by atoms with van der Waals surface area (Å²) in [5.74, 6) is 1.04. The topological polar surface area (TPSA) is 81.9 Å². The highest BCUT2D eigenvalue weighted by atomic mass is 16.6. The maximum Gasteiger partial charge on any atom is 0.270 e. The fourth-order valence-electron chi connectivity index (χ4n) is 2.82. The van der Waals surface area contributed by atoms with E-state index >= 15 is 0 Å². The van der Waals surface area contributed by atoms with Crippen molar-refractivity contribution < 1.29 is 19.2 Å². The molecule has 2 aromatic rings. The molecular formula is C18H18N2O5. The Kier molecular flexibility index (Phi) is 4.56. The molecule has 7 nitrogen and oxygen atoms in total. The van der Waals surface area contributed by atoms with Crippen molar-refractivity contribution >= 4 is 11.6 Å². The second-order valence-electron chi connectivity index (χ2n) is 5.86. The Balaban J connectivity index is 1.91. The van der Waals surface area contributed by atoms with E-state index in [1.54, 1.807) is 25.0 Å². The predicted molar refractivity (Wildman–Crippen MR) is 90.4 cm³/mol. The van der Waals surface area contributed by atoms with E-state index in [0.717, 1.165) is 5.56 Å². The van der Waals surface area contributed by atoms with Gasteiger partial charge < -0.3 is 14.4 Å². The summed E-state index contributed by atoms with van der Waals surface area (Å²) < 4.78 is 10.9. The van der Waals surface area contributed by atoms with E-state index in [1.807, 2.05) is 24.3 Å². The summed E-state index contributed by atoms with van der Waals surface area (Å²) in [6.07, 6.45) is -0.659. The van der Waals surface area contributed by atoms with Crippen molar-refractivity contribution in [1.29, 1.82) is 0 Å². The van der Waals surface area contributed by atoms with Crippen LogP contribution in [-0.2, 0) is 17.9 Å². The molecule has 1 amide bonds. The molecule has 0 spiro atoms. The minimum Gasteiger partial charge on any atom is -0.497 e. The molecule has 0 N–H and O–H groups in total. The molecule has 1 unspecified atom stereocenters. The van der Waals surface area contributed by atoms with E-state index in [4.69, 9.17) is 9.47 Å². The van der Waals surface area contributed by atoms with Crippen molar-refractivity contribution in [2.24, 2.45) is 0 Å². The fraction of sp³-hybridized carbons (Fsp3) is 0.278. The Morgan fingerprint density at radius 3 is 2.84 bits per heavy atom. The van der Waals surface area contributed by atoms with Crippen molar-refractivity contribution in [1.82, 2.24) is 4.90 Å². The van der Waals surface area contributed by atoms with Gasteiger partial charge >= 0.3 is 0 Å². The number of amides is 1.